The van der Waals surface area contributed by atoms with Gasteiger partial charge in [0.05, 0.1) is 0 Å². The number of carbonyl (C=O) groups is 1. The zero-order valence-electron chi connectivity index (χ0n) is 12.7. The van der Waals surface area contributed by atoms with E-state index in [0.717, 1.165) is 5.56 Å². The number of ketones is 1. The quantitative estimate of drug-likeness (QED) is 0.736. The molecule has 1 aromatic heterocycles. The molecule has 0 saturated carbocycles. The number of hydrogen-bond donors (Lipinski definition) is 1. The molecule has 2 aromatic carbocycles. The highest BCUT2D eigenvalue weighted by atomic mass is 16.3. The molecule has 0 aliphatic heterocycles. The average Bonchev–Trinajstić information content (AvgIpc) is 2.61. The molecule has 0 aliphatic carbocycles. The molecular formula is C20H18NO2+. The van der Waals surface area contributed by atoms with E-state index < -0.39 is 6.61 Å². The summed E-state index contributed by atoms with van der Waals surface area (Å²) in [6.07, 6.45) is 7.84. The molecule has 114 valence electrons. The van der Waals surface area contributed by atoms with E-state index in [2.05, 4.69) is 42.5 Å². The van der Waals surface area contributed by atoms with Crippen molar-refractivity contribution in [2.24, 2.45) is 0 Å². The van der Waals surface area contributed by atoms with Crippen LogP contribution in [0, 0.1) is 0 Å². The Morgan fingerprint density at radius 3 is 2.48 bits per heavy atom. The van der Waals surface area contributed by atoms with Gasteiger partial charge in [0.2, 0.25) is 12.3 Å². The Hall–Kier alpha value is -2.78. The standard InChI is InChI=1S/C20H18NO2/c22-15-19(23)14-21-12-10-16(11-13-21)8-9-18-6-3-5-17-4-1-2-7-20(17)18/h1-13,22H,14-15H2/q+1/b9-8+. The third-order valence-corrected chi connectivity index (χ3v) is 3.73. The summed E-state index contributed by atoms with van der Waals surface area (Å²) in [4.78, 5) is 11.2. The lowest BCUT2D eigenvalue weighted by molar-refractivity contribution is -0.684. The molecule has 3 nitrogen and oxygen atoms in total. The Labute approximate surface area is 135 Å². The second-order valence-corrected chi connectivity index (χ2v) is 5.40. The van der Waals surface area contributed by atoms with Gasteiger partial charge in [0, 0.05) is 12.1 Å². The highest BCUT2D eigenvalue weighted by molar-refractivity contribution is 5.92. The van der Waals surface area contributed by atoms with Gasteiger partial charge >= 0.3 is 0 Å². The number of fused-ring (bicyclic) bond motifs is 1. The number of rotatable bonds is 5. The second kappa shape index (κ2) is 6.99. The molecule has 3 heteroatoms. The molecule has 1 heterocycles. The van der Waals surface area contributed by atoms with Crippen molar-refractivity contribution in [3.8, 4) is 0 Å². The summed E-state index contributed by atoms with van der Waals surface area (Å²) >= 11 is 0. The first kappa shape index (κ1) is 15.1. The van der Waals surface area contributed by atoms with Crippen molar-refractivity contribution in [2.75, 3.05) is 6.61 Å². The minimum atomic E-state index is -0.421. The van der Waals surface area contributed by atoms with Gasteiger partial charge in [-0.15, -0.1) is 0 Å². The highest BCUT2D eigenvalue weighted by Gasteiger charge is 2.06. The van der Waals surface area contributed by atoms with Crippen LogP contribution in [0.4, 0.5) is 0 Å². The van der Waals surface area contributed by atoms with Gasteiger partial charge in [0.15, 0.2) is 12.4 Å². The molecule has 0 aliphatic rings. The molecule has 23 heavy (non-hydrogen) atoms. The van der Waals surface area contributed by atoms with Crippen LogP contribution in [0.3, 0.4) is 0 Å². The maximum Gasteiger partial charge on any atom is 0.222 e. The summed E-state index contributed by atoms with van der Waals surface area (Å²) in [7, 11) is 0. The largest absolute Gasteiger partial charge is 0.388 e. The minimum absolute atomic E-state index is 0.198. The summed E-state index contributed by atoms with van der Waals surface area (Å²) in [5, 5.41) is 11.2. The maximum absolute atomic E-state index is 11.2. The molecule has 3 rings (SSSR count). The number of aromatic nitrogens is 1. The molecule has 0 radical (unpaired) electrons. The summed E-state index contributed by atoms with van der Waals surface area (Å²) < 4.78 is 1.76. The third-order valence-electron chi connectivity index (χ3n) is 3.73. The summed E-state index contributed by atoms with van der Waals surface area (Å²) in [5.74, 6) is -0.200. The molecule has 0 amide bonds. The molecule has 0 atom stereocenters. The van der Waals surface area contributed by atoms with Crippen LogP contribution in [-0.4, -0.2) is 17.5 Å². The van der Waals surface area contributed by atoms with Crippen LogP contribution in [-0.2, 0) is 11.3 Å². The van der Waals surface area contributed by atoms with E-state index in [1.165, 1.54) is 16.3 Å². The Morgan fingerprint density at radius 2 is 1.70 bits per heavy atom. The zero-order chi connectivity index (χ0) is 16.1. The molecule has 1 N–H and O–H groups in total. The van der Waals surface area contributed by atoms with Crippen LogP contribution >= 0.6 is 0 Å². The molecule has 0 spiro atoms. The first-order valence-electron chi connectivity index (χ1n) is 7.54. The number of carbonyl (C=O) groups excluding carboxylic acids is 1. The van der Waals surface area contributed by atoms with E-state index in [1.54, 1.807) is 4.57 Å². The predicted octanol–water partition coefficient (Wildman–Crippen LogP) is 2.86. The van der Waals surface area contributed by atoms with Gasteiger partial charge in [-0.05, 0) is 21.9 Å². The Kier molecular flexibility index (Phi) is 4.60. The molecule has 0 unspecified atom stereocenters. The van der Waals surface area contributed by atoms with Crippen molar-refractivity contribution in [3.05, 3.63) is 78.1 Å². The van der Waals surface area contributed by atoms with Gasteiger partial charge in [-0.1, -0.05) is 54.6 Å². The maximum atomic E-state index is 11.2. The predicted molar refractivity (Wildman–Crippen MR) is 91.6 cm³/mol. The SMILES string of the molecule is O=C(CO)C[n+]1ccc(/C=C/c2cccc3ccccc23)cc1. The Morgan fingerprint density at radius 1 is 0.957 bits per heavy atom. The number of pyridine rings is 1. The van der Waals surface area contributed by atoms with Gasteiger partial charge in [-0.3, -0.25) is 4.79 Å². The van der Waals surface area contributed by atoms with Crippen LogP contribution in [0.5, 0.6) is 0 Å². The van der Waals surface area contributed by atoms with Crippen LogP contribution in [0.25, 0.3) is 22.9 Å². The zero-order valence-corrected chi connectivity index (χ0v) is 12.7. The van der Waals surface area contributed by atoms with Crippen molar-refractivity contribution < 1.29 is 14.5 Å². The fourth-order valence-electron chi connectivity index (χ4n) is 2.52. The number of nitrogens with zero attached hydrogens (tertiary/aromatic N) is 1. The van der Waals surface area contributed by atoms with Gasteiger partial charge in [0.1, 0.15) is 6.61 Å². The lowest BCUT2D eigenvalue weighted by Gasteiger charge is -2.01. The highest BCUT2D eigenvalue weighted by Crippen LogP contribution is 2.20. The fourth-order valence-corrected chi connectivity index (χ4v) is 2.52. The lowest BCUT2D eigenvalue weighted by atomic mass is 10.0. The van der Waals surface area contributed by atoms with E-state index in [9.17, 15) is 4.79 Å². The van der Waals surface area contributed by atoms with E-state index in [0.29, 0.717) is 0 Å². The van der Waals surface area contributed by atoms with Crippen LogP contribution < -0.4 is 4.57 Å². The number of aliphatic hydroxyl groups is 1. The van der Waals surface area contributed by atoms with Crippen LogP contribution in [0.1, 0.15) is 11.1 Å². The molecule has 0 fully saturated rings. The number of hydrogen-bond acceptors (Lipinski definition) is 2. The summed E-state index contributed by atoms with van der Waals surface area (Å²) in [5.41, 5.74) is 2.24. The normalized spacial score (nSPS) is 11.2. The average molecular weight is 304 g/mol. The van der Waals surface area contributed by atoms with E-state index >= 15 is 0 Å². The van der Waals surface area contributed by atoms with Gasteiger partial charge in [0.25, 0.3) is 0 Å². The molecule has 3 aromatic rings. The van der Waals surface area contributed by atoms with Crippen molar-refractivity contribution in [1.82, 2.24) is 0 Å². The lowest BCUT2D eigenvalue weighted by Crippen LogP contribution is -2.38. The van der Waals surface area contributed by atoms with Gasteiger partial charge < -0.3 is 5.11 Å². The molecular weight excluding hydrogens is 286 g/mol. The second-order valence-electron chi connectivity index (χ2n) is 5.40. The first-order valence-corrected chi connectivity index (χ1v) is 7.54. The number of aliphatic hydroxyl groups excluding tert-OH is 1. The Balaban J connectivity index is 1.80. The minimum Gasteiger partial charge on any atom is -0.388 e. The van der Waals surface area contributed by atoms with Gasteiger partial charge in [-0.2, -0.15) is 4.57 Å². The first-order chi connectivity index (χ1) is 11.3. The monoisotopic (exact) mass is 304 g/mol. The third kappa shape index (κ3) is 3.71. The van der Waals surface area contributed by atoms with Crippen LogP contribution in [0.15, 0.2) is 67.0 Å². The topological polar surface area (TPSA) is 41.2 Å². The van der Waals surface area contributed by atoms with Crippen molar-refractivity contribution in [2.45, 2.75) is 6.54 Å². The van der Waals surface area contributed by atoms with Gasteiger partial charge in [-0.25, -0.2) is 0 Å². The fraction of sp³-hybridized carbons (Fsp3) is 0.100. The summed E-state index contributed by atoms with van der Waals surface area (Å²) in [6.45, 7) is -0.223. The van der Waals surface area contributed by atoms with E-state index in [4.69, 9.17) is 5.11 Å². The number of benzene rings is 2. The number of Topliss-reactive ketones (excluding diaryl/α,β-unsaturated/α-hetero) is 1. The van der Waals surface area contributed by atoms with Crippen molar-refractivity contribution in [3.63, 3.8) is 0 Å². The van der Waals surface area contributed by atoms with Crippen molar-refractivity contribution >= 4 is 28.7 Å². The van der Waals surface area contributed by atoms with Crippen LogP contribution in [0.2, 0.25) is 0 Å². The summed E-state index contributed by atoms with van der Waals surface area (Å²) in [6, 6.07) is 18.5. The van der Waals surface area contributed by atoms with E-state index in [1.807, 2.05) is 36.7 Å². The molecule has 0 bridgehead atoms. The molecule has 0 saturated heterocycles. The van der Waals surface area contributed by atoms with E-state index in [-0.39, 0.29) is 12.3 Å². The smallest absolute Gasteiger partial charge is 0.222 e. The van der Waals surface area contributed by atoms with Crippen molar-refractivity contribution in [1.29, 1.82) is 0 Å². The Bertz CT molecular complexity index is 846.